The van der Waals surface area contributed by atoms with Crippen molar-refractivity contribution < 1.29 is 14.2 Å². The minimum absolute atomic E-state index is 0.105. The van der Waals surface area contributed by atoms with E-state index in [4.69, 9.17) is 4.74 Å². The van der Waals surface area contributed by atoms with Gasteiger partial charge in [-0.2, -0.15) is 5.10 Å². The summed E-state index contributed by atoms with van der Waals surface area (Å²) in [5.41, 5.74) is 2.87. The smallest absolute Gasteiger partial charge is 0.233 e. The van der Waals surface area contributed by atoms with Crippen molar-refractivity contribution >= 4 is 0 Å². The maximum atomic E-state index is 14.5. The Labute approximate surface area is 167 Å². The van der Waals surface area contributed by atoms with Gasteiger partial charge in [-0.15, -0.1) is 10.2 Å². The Bertz CT molecular complexity index is 1020. The lowest BCUT2D eigenvalue weighted by Crippen LogP contribution is -2.51. The topological polar surface area (TPSA) is 85.1 Å². The van der Waals surface area contributed by atoms with E-state index in [0.717, 1.165) is 24.0 Å². The van der Waals surface area contributed by atoms with Crippen molar-refractivity contribution in [3.8, 4) is 34.0 Å². The van der Waals surface area contributed by atoms with Gasteiger partial charge in [0.25, 0.3) is 0 Å². The first-order valence-electron chi connectivity index (χ1n) is 9.80. The van der Waals surface area contributed by atoms with Crippen molar-refractivity contribution in [2.45, 2.75) is 43.6 Å². The molecule has 2 fully saturated rings. The van der Waals surface area contributed by atoms with Crippen LogP contribution in [0.2, 0.25) is 0 Å². The molecule has 3 aromatic rings. The second-order valence-electron chi connectivity index (χ2n) is 7.78. The van der Waals surface area contributed by atoms with Crippen LogP contribution >= 0.6 is 0 Å². The summed E-state index contributed by atoms with van der Waals surface area (Å²) in [7, 11) is 1.84. The number of rotatable bonds is 4. The fourth-order valence-electron chi connectivity index (χ4n) is 4.25. The summed E-state index contributed by atoms with van der Waals surface area (Å²) in [4.78, 5) is 0. The summed E-state index contributed by atoms with van der Waals surface area (Å²) in [6.07, 6.45) is 4.56. The summed E-state index contributed by atoms with van der Waals surface area (Å²) in [6.45, 7) is 0. The molecule has 4 heterocycles. The van der Waals surface area contributed by atoms with E-state index >= 15 is 0 Å². The number of nitrogens with zero attached hydrogens (tertiary/aromatic N) is 4. The monoisotopic (exact) mass is 395 g/mol. The largest absolute Gasteiger partial charge is 0.507 e. The SMILES string of the molecule is Cn1cc(-c2ccc(-c3ccc(O[C@H]4C[C@@H]5CC[C@@H](N5)[C@H]4F)nn3)c(O)c2)cn1. The van der Waals surface area contributed by atoms with Crippen molar-refractivity contribution in [1.82, 2.24) is 25.3 Å². The molecule has 0 amide bonds. The van der Waals surface area contributed by atoms with E-state index in [0.29, 0.717) is 29.6 Å². The van der Waals surface area contributed by atoms with Crippen molar-refractivity contribution in [2.24, 2.45) is 7.05 Å². The highest BCUT2D eigenvalue weighted by Gasteiger charge is 2.43. The van der Waals surface area contributed by atoms with Crippen LogP contribution in [0.3, 0.4) is 0 Å². The number of aromatic nitrogens is 4. The molecule has 2 saturated heterocycles. The molecule has 0 radical (unpaired) electrons. The minimum atomic E-state index is -1.04. The van der Waals surface area contributed by atoms with E-state index in [9.17, 15) is 9.50 Å². The summed E-state index contributed by atoms with van der Waals surface area (Å²) in [5, 5.41) is 26.2. The van der Waals surface area contributed by atoms with Crippen molar-refractivity contribution in [2.75, 3.05) is 0 Å². The van der Waals surface area contributed by atoms with E-state index in [1.165, 1.54) is 0 Å². The normalized spacial score (nSPS) is 25.9. The van der Waals surface area contributed by atoms with Gasteiger partial charge in [-0.3, -0.25) is 4.68 Å². The van der Waals surface area contributed by atoms with Crippen LogP contribution in [-0.2, 0) is 7.05 Å². The van der Waals surface area contributed by atoms with Crippen LogP contribution in [0, 0.1) is 0 Å². The van der Waals surface area contributed by atoms with Crippen molar-refractivity contribution in [3.63, 3.8) is 0 Å². The number of aryl methyl sites for hydroxylation is 1. The fourth-order valence-corrected chi connectivity index (χ4v) is 4.25. The van der Waals surface area contributed by atoms with Gasteiger partial charge < -0.3 is 15.2 Å². The van der Waals surface area contributed by atoms with Gasteiger partial charge in [0, 0.05) is 48.9 Å². The molecule has 2 N–H and O–H groups in total. The van der Waals surface area contributed by atoms with Gasteiger partial charge >= 0.3 is 0 Å². The molecule has 0 spiro atoms. The molecular formula is C21H22FN5O2. The molecule has 4 atom stereocenters. The molecule has 5 rings (SSSR count). The van der Waals surface area contributed by atoms with E-state index in [2.05, 4.69) is 20.6 Å². The van der Waals surface area contributed by atoms with Gasteiger partial charge in [0.2, 0.25) is 5.88 Å². The fraction of sp³-hybridized carbons (Fsp3) is 0.381. The zero-order chi connectivity index (χ0) is 20.0. The Hall–Kier alpha value is -3.00. The first kappa shape index (κ1) is 18.1. The van der Waals surface area contributed by atoms with E-state index in [1.807, 2.05) is 19.3 Å². The van der Waals surface area contributed by atoms with E-state index < -0.39 is 12.3 Å². The van der Waals surface area contributed by atoms with E-state index in [-0.39, 0.29) is 11.8 Å². The van der Waals surface area contributed by atoms with Crippen molar-refractivity contribution in [3.05, 3.63) is 42.7 Å². The molecule has 150 valence electrons. The van der Waals surface area contributed by atoms with Crippen LogP contribution < -0.4 is 10.1 Å². The number of piperidine rings is 1. The number of benzene rings is 1. The van der Waals surface area contributed by atoms with Gasteiger partial charge in [-0.25, -0.2) is 4.39 Å². The standard InChI is InChI=1S/C21H22FN5O2/c1-27-11-13(10-23-27)12-2-4-15(18(28)8-12)16-6-7-20(26-25-16)29-19-9-14-3-5-17(24-14)21(19)22/h2,4,6-8,10-11,14,17,19,21,24,28H,3,5,9H2,1H3/t14-,17+,19-,21+/m0/s1. The maximum Gasteiger partial charge on any atom is 0.233 e. The molecule has 0 unspecified atom stereocenters. The average Bonchev–Trinajstić information content (AvgIpc) is 3.33. The summed E-state index contributed by atoms with van der Waals surface area (Å²) in [6, 6.07) is 8.97. The first-order valence-corrected chi connectivity index (χ1v) is 9.80. The number of fused-ring (bicyclic) bond motifs is 2. The number of phenolic OH excluding ortho intramolecular Hbond substituents is 1. The van der Waals surface area contributed by atoms with Gasteiger partial charge in [-0.1, -0.05) is 6.07 Å². The van der Waals surface area contributed by atoms with Crippen LogP contribution in [0.4, 0.5) is 4.39 Å². The third-order valence-electron chi connectivity index (χ3n) is 5.76. The van der Waals surface area contributed by atoms with Gasteiger partial charge in [0.05, 0.1) is 11.9 Å². The van der Waals surface area contributed by atoms with Gasteiger partial charge in [0.1, 0.15) is 11.9 Å². The molecular weight excluding hydrogens is 373 g/mol. The highest BCUT2D eigenvalue weighted by molar-refractivity contribution is 5.73. The van der Waals surface area contributed by atoms with E-state index in [1.54, 1.807) is 35.1 Å². The second-order valence-corrected chi connectivity index (χ2v) is 7.78. The molecule has 2 aromatic heterocycles. The van der Waals surface area contributed by atoms with Crippen LogP contribution in [0.1, 0.15) is 19.3 Å². The number of hydrogen-bond donors (Lipinski definition) is 2. The third-order valence-corrected chi connectivity index (χ3v) is 5.76. The Morgan fingerprint density at radius 3 is 2.79 bits per heavy atom. The Kier molecular flexibility index (Phi) is 4.43. The molecule has 0 aliphatic carbocycles. The predicted octanol–water partition coefficient (Wildman–Crippen LogP) is 2.86. The molecule has 1 aromatic carbocycles. The number of alkyl halides is 1. The highest BCUT2D eigenvalue weighted by Crippen LogP contribution is 2.34. The van der Waals surface area contributed by atoms with Gasteiger partial charge in [0.15, 0.2) is 6.17 Å². The lowest BCUT2D eigenvalue weighted by atomic mass is 10.0. The van der Waals surface area contributed by atoms with Crippen molar-refractivity contribution in [1.29, 1.82) is 0 Å². The quantitative estimate of drug-likeness (QED) is 0.707. The maximum absolute atomic E-state index is 14.5. The number of ether oxygens (including phenoxy) is 1. The zero-order valence-corrected chi connectivity index (χ0v) is 16.0. The molecule has 29 heavy (non-hydrogen) atoms. The molecule has 2 bridgehead atoms. The molecule has 2 aliphatic heterocycles. The Morgan fingerprint density at radius 2 is 2.07 bits per heavy atom. The summed E-state index contributed by atoms with van der Waals surface area (Å²) >= 11 is 0. The van der Waals surface area contributed by atoms with Crippen LogP contribution in [0.15, 0.2) is 42.7 Å². The number of nitrogens with one attached hydrogen (secondary N) is 1. The highest BCUT2D eigenvalue weighted by atomic mass is 19.1. The second kappa shape index (κ2) is 7.11. The Morgan fingerprint density at radius 1 is 1.17 bits per heavy atom. The lowest BCUT2D eigenvalue weighted by molar-refractivity contribution is 0.0422. The number of phenols is 1. The summed E-state index contributed by atoms with van der Waals surface area (Å²) in [5.74, 6) is 0.405. The Balaban J connectivity index is 1.32. The lowest BCUT2D eigenvalue weighted by Gasteiger charge is -2.32. The minimum Gasteiger partial charge on any atom is -0.507 e. The molecule has 2 aliphatic rings. The predicted molar refractivity (Wildman–Crippen MR) is 105 cm³/mol. The van der Waals surface area contributed by atoms with Crippen LogP contribution in [0.25, 0.3) is 22.4 Å². The molecule has 0 saturated carbocycles. The summed E-state index contributed by atoms with van der Waals surface area (Å²) < 4.78 is 22.0. The number of halogens is 1. The molecule has 8 heteroatoms. The van der Waals surface area contributed by atoms with Crippen LogP contribution in [0.5, 0.6) is 11.6 Å². The average molecular weight is 395 g/mol. The van der Waals surface area contributed by atoms with Gasteiger partial charge in [-0.05, 0) is 36.6 Å². The zero-order valence-electron chi connectivity index (χ0n) is 16.0. The number of aromatic hydroxyl groups is 1. The third kappa shape index (κ3) is 3.44. The molecule has 7 nitrogen and oxygen atoms in total. The van der Waals surface area contributed by atoms with Crippen LogP contribution in [-0.4, -0.2) is 49.4 Å². The first-order chi connectivity index (χ1) is 14.1. The number of hydrogen-bond acceptors (Lipinski definition) is 6.